The van der Waals surface area contributed by atoms with E-state index in [4.69, 9.17) is 28.1 Å². The van der Waals surface area contributed by atoms with Gasteiger partial charge in [-0.05, 0) is 153 Å². The summed E-state index contributed by atoms with van der Waals surface area (Å²) in [6.45, 7) is 18.5. The van der Waals surface area contributed by atoms with Gasteiger partial charge in [-0.1, -0.05) is 85.3 Å². The Hall–Kier alpha value is -4.73. The zero-order valence-electron chi connectivity index (χ0n) is 32.1. The van der Waals surface area contributed by atoms with E-state index in [1.165, 1.54) is 53.6 Å². The lowest BCUT2D eigenvalue weighted by Gasteiger charge is -2.41. The Morgan fingerprint density at radius 2 is 0.925 bits per heavy atom. The van der Waals surface area contributed by atoms with Crippen LogP contribution in [-0.4, -0.2) is 22.2 Å². The fourth-order valence-electron chi connectivity index (χ4n) is 7.05. The van der Waals surface area contributed by atoms with E-state index in [1.54, 1.807) is 24.3 Å². The highest BCUT2D eigenvalue weighted by atomic mass is 127. The predicted octanol–water partition coefficient (Wildman–Crippen LogP) is 10.3. The minimum atomic E-state index is -1.03. The topological polar surface area (TPSA) is 127 Å². The fourth-order valence-corrected chi connectivity index (χ4v) is 7.57. The molecule has 6 nitrogen and oxygen atoms in total. The van der Waals surface area contributed by atoms with Crippen molar-refractivity contribution in [1.29, 1.82) is 0 Å². The molecule has 0 atom stereocenters. The van der Waals surface area contributed by atoms with Crippen molar-refractivity contribution < 1.29 is 19.8 Å². The Morgan fingerprint density at radius 1 is 0.566 bits per heavy atom. The maximum atomic E-state index is 11.0. The third-order valence-corrected chi connectivity index (χ3v) is 11.4. The molecule has 53 heavy (non-hydrogen) atoms. The van der Waals surface area contributed by atoms with Gasteiger partial charge in [0.25, 0.3) is 0 Å². The molecule has 276 valence electrons. The molecule has 0 saturated carbocycles. The Morgan fingerprint density at radius 3 is 1.34 bits per heavy atom. The maximum Gasteiger partial charge on any atom is 0.337 e. The van der Waals surface area contributed by atoms with Crippen LogP contribution >= 0.6 is 22.6 Å². The van der Waals surface area contributed by atoms with Gasteiger partial charge in [-0.2, -0.15) is 0 Å². The van der Waals surface area contributed by atoms with Crippen LogP contribution in [0.15, 0.2) is 72.8 Å². The van der Waals surface area contributed by atoms with Gasteiger partial charge in [0.1, 0.15) is 0 Å². The van der Waals surface area contributed by atoms with Gasteiger partial charge in [-0.3, -0.25) is 0 Å². The summed E-state index contributed by atoms with van der Waals surface area (Å²) < 4.78 is 0.935. The Kier molecular flexibility index (Phi) is 12.2. The first-order chi connectivity index (χ1) is 24.6. The van der Waals surface area contributed by atoms with Crippen LogP contribution in [0.4, 0.5) is 11.4 Å². The number of carboxylic acid groups (broad SMARTS) is 2. The lowest BCUT2D eigenvalue weighted by Crippen LogP contribution is -2.33. The molecule has 0 aliphatic heterocycles. The van der Waals surface area contributed by atoms with E-state index in [1.807, 2.05) is 0 Å². The van der Waals surface area contributed by atoms with Crippen molar-refractivity contribution in [1.82, 2.24) is 0 Å². The summed E-state index contributed by atoms with van der Waals surface area (Å²) in [5.74, 6) is 7.03. The van der Waals surface area contributed by atoms with Crippen LogP contribution in [0.5, 0.6) is 0 Å². The number of carboxylic acids is 2. The summed E-state index contributed by atoms with van der Waals surface area (Å²) in [7, 11) is 0. The zero-order chi connectivity index (χ0) is 39.5. The minimum absolute atomic E-state index is 0.105. The molecule has 0 amide bonds. The molecule has 0 bridgehead atoms. The molecule has 0 radical (unpaired) electrons. The molecule has 0 heterocycles. The third-order valence-electron chi connectivity index (χ3n) is 10.7. The van der Waals surface area contributed by atoms with Crippen LogP contribution in [0.1, 0.15) is 141 Å². The molecule has 6 N–H and O–H groups in total. The molecule has 0 unspecified atom stereocenters. The first-order valence-electron chi connectivity index (χ1n) is 17.8. The van der Waals surface area contributed by atoms with E-state index in [0.717, 1.165) is 21.1 Å². The van der Waals surface area contributed by atoms with Crippen molar-refractivity contribution in [2.24, 2.45) is 0 Å². The fraction of sp³-hybridized carbons (Fsp3) is 0.348. The lowest BCUT2D eigenvalue weighted by molar-refractivity contribution is 0.0687. The van der Waals surface area contributed by atoms with Gasteiger partial charge in [0.2, 0.25) is 0 Å². The van der Waals surface area contributed by atoms with Crippen molar-refractivity contribution in [2.45, 2.75) is 103 Å². The number of carbonyl (C=O) groups is 2. The van der Waals surface area contributed by atoms with Crippen molar-refractivity contribution in [3.8, 4) is 24.2 Å². The molecule has 0 aromatic heterocycles. The number of nitrogens with two attached hydrogens (primary N) is 2. The van der Waals surface area contributed by atoms with Crippen molar-refractivity contribution in [3.63, 3.8) is 0 Å². The van der Waals surface area contributed by atoms with Crippen molar-refractivity contribution in [2.75, 3.05) is 11.5 Å². The molecule has 6 rings (SSSR count). The zero-order valence-corrected chi connectivity index (χ0v) is 34.2. The van der Waals surface area contributed by atoms with Crippen LogP contribution in [0, 0.1) is 27.8 Å². The second-order valence-electron chi connectivity index (χ2n) is 16.6. The van der Waals surface area contributed by atoms with Gasteiger partial charge in [0, 0.05) is 31.6 Å². The molecular weight excluding hydrogens is 771 g/mol. The molecule has 2 aliphatic rings. The third kappa shape index (κ3) is 9.64. The molecule has 4 aromatic carbocycles. The van der Waals surface area contributed by atoms with Gasteiger partial charge >= 0.3 is 11.9 Å². The van der Waals surface area contributed by atoms with E-state index >= 15 is 0 Å². The number of anilines is 2. The highest BCUT2D eigenvalue weighted by Gasteiger charge is 2.38. The number of rotatable bonds is 2. The van der Waals surface area contributed by atoms with Gasteiger partial charge in [-0.15, -0.1) is 6.42 Å². The summed E-state index contributed by atoms with van der Waals surface area (Å²) in [5, 5.41) is 17.6. The van der Waals surface area contributed by atoms with Crippen LogP contribution in [0.3, 0.4) is 0 Å². The number of hydrogen-bond donors (Lipinski definition) is 4. The molecule has 7 heteroatoms. The number of hydrogen-bond acceptors (Lipinski definition) is 4. The van der Waals surface area contributed by atoms with E-state index < -0.39 is 11.9 Å². The maximum absolute atomic E-state index is 11.0. The average molecular weight is 823 g/mol. The predicted molar refractivity (Wildman–Crippen MR) is 226 cm³/mol. The highest BCUT2D eigenvalue weighted by Crippen LogP contribution is 2.47. The highest BCUT2D eigenvalue weighted by molar-refractivity contribution is 14.1. The van der Waals surface area contributed by atoms with E-state index in [2.05, 4.69) is 132 Å². The molecule has 0 spiro atoms. The Bertz CT molecular complexity index is 2160. The molecule has 0 saturated heterocycles. The number of halogens is 1. The quantitative estimate of drug-likeness (QED) is 0.0906. The van der Waals surface area contributed by atoms with Crippen molar-refractivity contribution in [3.05, 3.63) is 126 Å². The van der Waals surface area contributed by atoms with Crippen LogP contribution < -0.4 is 11.5 Å². The molecule has 4 aromatic rings. The van der Waals surface area contributed by atoms with E-state index in [9.17, 15) is 9.59 Å². The number of nitrogen functional groups attached to an aromatic ring is 2. The molecule has 0 fully saturated rings. The Balaban J connectivity index is 0.000000197. The first kappa shape index (κ1) is 41.0. The van der Waals surface area contributed by atoms with Gasteiger partial charge < -0.3 is 21.7 Å². The van der Waals surface area contributed by atoms with E-state index in [-0.39, 0.29) is 38.5 Å². The average Bonchev–Trinajstić information content (AvgIpc) is 3.08. The molecule has 2 aliphatic carbocycles. The number of aromatic carboxylic acids is 2. The minimum Gasteiger partial charge on any atom is -0.478 e. The monoisotopic (exact) mass is 822 g/mol. The van der Waals surface area contributed by atoms with E-state index in [0.29, 0.717) is 11.3 Å². The van der Waals surface area contributed by atoms with Crippen LogP contribution in [0.25, 0.3) is 0 Å². The van der Waals surface area contributed by atoms with Crippen molar-refractivity contribution >= 4 is 45.9 Å². The normalized spacial score (nSPS) is 16.6. The largest absolute Gasteiger partial charge is 0.478 e. The van der Waals surface area contributed by atoms with Gasteiger partial charge in [-0.25, -0.2) is 9.59 Å². The number of terminal acetylenes is 1. The SMILES string of the molecule is C#Cc1ccc2c(c1)C(C)(C)CCC2(C)C.CC1(C)CCC(C)(C)c2cc(C#Cc3ccc(C(=O)O)c(N)c3)ccc21.Nc1cc(I)ccc1C(=O)O. The van der Waals surface area contributed by atoms with Gasteiger partial charge in [0.15, 0.2) is 0 Å². The first-order valence-corrected chi connectivity index (χ1v) is 18.9. The second kappa shape index (κ2) is 15.7. The summed E-state index contributed by atoms with van der Waals surface area (Å²) in [4.78, 5) is 21.5. The number of fused-ring (bicyclic) bond motifs is 2. The standard InChI is InChI=1S/C23H25NO2.C16H20.C7H6INO2/c1-22(2)11-12-23(3,4)19-13-15(8-10-18(19)22)5-6-16-7-9-17(21(25)26)20(24)14-16;1-6-12-7-8-13-14(11-12)16(4,5)10-9-15(13,2)3;8-4-1-2-5(7(10)11)6(9)3-4/h7-10,13-14H,11-12,24H2,1-4H3,(H,25,26);1,7-8,11H,9-10H2,2-5H3;1-3H,9H2,(H,10,11). The lowest BCUT2D eigenvalue weighted by atomic mass is 9.63. The van der Waals surface area contributed by atoms with Crippen LogP contribution in [-0.2, 0) is 21.7 Å². The second-order valence-corrected chi connectivity index (χ2v) is 17.8. The summed E-state index contributed by atoms with van der Waals surface area (Å²) >= 11 is 2.07. The van der Waals surface area contributed by atoms with Gasteiger partial charge in [0.05, 0.1) is 11.1 Å². The summed E-state index contributed by atoms with van der Waals surface area (Å²) in [6.07, 6.45) is 10.3. The smallest absolute Gasteiger partial charge is 0.337 e. The van der Waals surface area contributed by atoms with Crippen LogP contribution in [0.2, 0.25) is 0 Å². The summed E-state index contributed by atoms with van der Waals surface area (Å²) in [6, 6.07) is 22.6. The Labute approximate surface area is 328 Å². The summed E-state index contributed by atoms with van der Waals surface area (Å²) in [5.41, 5.74) is 21.3. The molecular formula is C46H51IN2O4. The number of benzene rings is 4.